The molecule has 0 spiro atoms. The molecule has 7 nitrogen and oxygen atoms in total. The van der Waals surface area contributed by atoms with E-state index in [-0.39, 0.29) is 12.0 Å². The summed E-state index contributed by atoms with van der Waals surface area (Å²) in [6.45, 7) is 7.05. The highest BCUT2D eigenvalue weighted by Crippen LogP contribution is 2.27. The molecule has 0 bridgehead atoms. The van der Waals surface area contributed by atoms with Gasteiger partial charge in [-0.25, -0.2) is 0 Å². The molecule has 1 aliphatic rings. The molecule has 3 rings (SSSR count). The van der Waals surface area contributed by atoms with Gasteiger partial charge in [-0.2, -0.15) is 0 Å². The maximum absolute atomic E-state index is 12.4. The zero-order valence-corrected chi connectivity index (χ0v) is 19.8. The second kappa shape index (κ2) is 11.4. The number of aromatic nitrogens is 3. The molecule has 2 aromatic rings. The molecule has 170 valence electrons. The number of carbonyl (C=O) groups excluding carboxylic acids is 1. The molecule has 1 N–H and O–H groups in total. The van der Waals surface area contributed by atoms with Crippen molar-refractivity contribution in [2.24, 2.45) is 5.92 Å². The molecule has 1 unspecified atom stereocenters. The highest BCUT2D eigenvalue weighted by molar-refractivity contribution is 7.99. The van der Waals surface area contributed by atoms with E-state index in [0.717, 1.165) is 41.9 Å². The number of nitrogens with zero attached hydrogens (tertiary/aromatic N) is 3. The van der Waals surface area contributed by atoms with Gasteiger partial charge in [0.15, 0.2) is 17.1 Å². The third-order valence-corrected chi connectivity index (χ3v) is 6.30. The van der Waals surface area contributed by atoms with Crippen molar-refractivity contribution in [1.82, 2.24) is 20.1 Å². The first-order valence-corrected chi connectivity index (χ1v) is 12.1. The van der Waals surface area contributed by atoms with Gasteiger partial charge in [0.05, 0.1) is 12.9 Å². The number of benzene rings is 1. The van der Waals surface area contributed by atoms with Crippen molar-refractivity contribution < 1.29 is 14.3 Å². The van der Waals surface area contributed by atoms with Crippen LogP contribution in [-0.2, 0) is 11.3 Å². The van der Waals surface area contributed by atoms with Gasteiger partial charge in [-0.1, -0.05) is 44.9 Å². The second-order valence-corrected chi connectivity index (χ2v) is 9.41. The van der Waals surface area contributed by atoms with Crippen LogP contribution in [0.25, 0.3) is 0 Å². The molecule has 1 heterocycles. The maximum Gasteiger partial charge on any atom is 0.230 e. The normalized spacial score (nSPS) is 15.6. The molecule has 1 aliphatic carbocycles. The molecule has 8 heteroatoms. The number of amides is 1. The summed E-state index contributed by atoms with van der Waals surface area (Å²) in [5.74, 6) is 3.13. The van der Waals surface area contributed by atoms with Gasteiger partial charge in [-0.05, 0) is 49.9 Å². The van der Waals surface area contributed by atoms with Gasteiger partial charge in [-0.15, -0.1) is 10.2 Å². The van der Waals surface area contributed by atoms with Crippen LogP contribution in [0, 0.1) is 5.92 Å². The fourth-order valence-electron chi connectivity index (χ4n) is 3.80. The lowest BCUT2D eigenvalue weighted by Crippen LogP contribution is -2.37. The smallest absolute Gasteiger partial charge is 0.230 e. The lowest BCUT2D eigenvalue weighted by atomic mass is 9.95. The van der Waals surface area contributed by atoms with Crippen molar-refractivity contribution in [1.29, 1.82) is 0 Å². The lowest BCUT2D eigenvalue weighted by molar-refractivity contribution is -0.119. The molecule has 0 aliphatic heterocycles. The van der Waals surface area contributed by atoms with E-state index in [9.17, 15) is 4.79 Å². The predicted molar refractivity (Wildman–Crippen MR) is 123 cm³/mol. The summed E-state index contributed by atoms with van der Waals surface area (Å²) in [4.78, 5) is 12.4. The van der Waals surface area contributed by atoms with E-state index in [1.165, 1.54) is 31.0 Å². The fraction of sp³-hybridized carbons (Fsp3) is 0.609. The van der Waals surface area contributed by atoms with Crippen LogP contribution in [-0.4, -0.2) is 39.6 Å². The van der Waals surface area contributed by atoms with Crippen LogP contribution in [0.4, 0.5) is 0 Å². The van der Waals surface area contributed by atoms with Crippen molar-refractivity contribution in [3.63, 3.8) is 0 Å². The van der Waals surface area contributed by atoms with Crippen LogP contribution in [0.2, 0.25) is 0 Å². The van der Waals surface area contributed by atoms with Crippen molar-refractivity contribution in [2.75, 3.05) is 12.9 Å². The number of ether oxygens (including phenoxy) is 2. The van der Waals surface area contributed by atoms with Gasteiger partial charge in [0.25, 0.3) is 0 Å². The van der Waals surface area contributed by atoms with E-state index < -0.39 is 0 Å². The summed E-state index contributed by atoms with van der Waals surface area (Å²) >= 11 is 1.44. The number of methoxy groups -OCH3 is 1. The lowest BCUT2D eigenvalue weighted by Gasteiger charge is -2.22. The van der Waals surface area contributed by atoms with E-state index in [2.05, 4.69) is 33.9 Å². The molecule has 1 fully saturated rings. The average Bonchev–Trinajstić information content (AvgIpc) is 3.15. The molecule has 1 amide bonds. The van der Waals surface area contributed by atoms with Gasteiger partial charge < -0.3 is 19.4 Å². The SMILES string of the molecule is COc1ccc(OC(C)c2nnc(SCC(=O)NC3CCCCC3)n2CC(C)C)cc1. The maximum atomic E-state index is 12.4. The Morgan fingerprint density at radius 2 is 1.81 bits per heavy atom. The predicted octanol–water partition coefficient (Wildman–Crippen LogP) is 4.62. The molecule has 1 aromatic heterocycles. The summed E-state index contributed by atoms with van der Waals surface area (Å²) < 4.78 is 13.4. The Balaban J connectivity index is 1.64. The first kappa shape index (κ1) is 23.4. The Morgan fingerprint density at radius 1 is 1.13 bits per heavy atom. The van der Waals surface area contributed by atoms with Gasteiger partial charge in [0.2, 0.25) is 5.91 Å². The highest BCUT2D eigenvalue weighted by atomic mass is 32.2. The minimum absolute atomic E-state index is 0.0695. The minimum atomic E-state index is -0.273. The van der Waals surface area contributed by atoms with E-state index in [1.807, 2.05) is 31.2 Å². The van der Waals surface area contributed by atoms with Gasteiger partial charge in [0, 0.05) is 12.6 Å². The standard InChI is InChI=1S/C23H34N4O3S/c1-16(2)14-27-22(17(3)30-20-12-10-19(29-4)11-13-20)25-26-23(27)31-15-21(28)24-18-8-6-5-7-9-18/h10-13,16-18H,5-9,14-15H2,1-4H3,(H,24,28). The monoisotopic (exact) mass is 446 g/mol. The Kier molecular flexibility index (Phi) is 8.63. The Labute approximate surface area is 189 Å². The van der Waals surface area contributed by atoms with Gasteiger partial charge in [0.1, 0.15) is 11.5 Å². The summed E-state index contributed by atoms with van der Waals surface area (Å²) in [6.07, 6.45) is 5.59. The molecular weight excluding hydrogens is 412 g/mol. The number of rotatable bonds is 10. The molecular formula is C23H34N4O3S. The Bertz CT molecular complexity index is 832. The Morgan fingerprint density at radius 3 is 2.45 bits per heavy atom. The topological polar surface area (TPSA) is 78.3 Å². The fourth-order valence-corrected chi connectivity index (χ4v) is 4.57. The first-order valence-electron chi connectivity index (χ1n) is 11.1. The van der Waals surface area contributed by atoms with Crippen LogP contribution in [0.5, 0.6) is 11.5 Å². The minimum Gasteiger partial charge on any atom is -0.497 e. The highest BCUT2D eigenvalue weighted by Gasteiger charge is 2.22. The van der Waals surface area contributed by atoms with Crippen LogP contribution < -0.4 is 14.8 Å². The average molecular weight is 447 g/mol. The summed E-state index contributed by atoms with van der Waals surface area (Å²) in [7, 11) is 1.64. The third kappa shape index (κ3) is 6.89. The van der Waals surface area contributed by atoms with Crippen molar-refractivity contribution >= 4 is 17.7 Å². The summed E-state index contributed by atoms with van der Waals surface area (Å²) in [5, 5.41) is 12.7. The Hall–Kier alpha value is -2.22. The van der Waals surface area contributed by atoms with E-state index in [4.69, 9.17) is 9.47 Å². The number of hydrogen-bond donors (Lipinski definition) is 1. The molecule has 0 saturated heterocycles. The summed E-state index contributed by atoms with van der Waals surface area (Å²) in [6, 6.07) is 7.82. The van der Waals surface area contributed by atoms with Gasteiger partial charge in [-0.3, -0.25) is 4.79 Å². The molecule has 0 radical (unpaired) electrons. The van der Waals surface area contributed by atoms with Crippen LogP contribution in [0.3, 0.4) is 0 Å². The van der Waals surface area contributed by atoms with Crippen LogP contribution in [0.1, 0.15) is 64.8 Å². The molecule has 1 aromatic carbocycles. The number of hydrogen-bond acceptors (Lipinski definition) is 6. The van der Waals surface area contributed by atoms with Crippen molar-refractivity contribution in [3.05, 3.63) is 30.1 Å². The zero-order chi connectivity index (χ0) is 22.2. The number of thioether (sulfide) groups is 1. The van der Waals surface area contributed by atoms with Crippen LogP contribution >= 0.6 is 11.8 Å². The van der Waals surface area contributed by atoms with E-state index in [1.54, 1.807) is 7.11 Å². The van der Waals surface area contributed by atoms with E-state index in [0.29, 0.717) is 17.7 Å². The molecule has 31 heavy (non-hydrogen) atoms. The van der Waals surface area contributed by atoms with Crippen molar-refractivity contribution in [3.8, 4) is 11.5 Å². The summed E-state index contributed by atoms with van der Waals surface area (Å²) in [5.41, 5.74) is 0. The third-order valence-electron chi connectivity index (χ3n) is 5.33. The van der Waals surface area contributed by atoms with Crippen molar-refractivity contribution in [2.45, 2.75) is 76.7 Å². The molecule has 1 atom stereocenters. The number of carbonyl (C=O) groups is 1. The van der Waals surface area contributed by atoms with E-state index >= 15 is 0 Å². The number of nitrogens with one attached hydrogen (secondary N) is 1. The second-order valence-electron chi connectivity index (χ2n) is 8.47. The zero-order valence-electron chi connectivity index (χ0n) is 19.0. The first-order chi connectivity index (χ1) is 15.0. The van der Waals surface area contributed by atoms with Crippen LogP contribution in [0.15, 0.2) is 29.4 Å². The largest absolute Gasteiger partial charge is 0.497 e. The molecule has 1 saturated carbocycles. The van der Waals surface area contributed by atoms with Gasteiger partial charge >= 0.3 is 0 Å². The quantitative estimate of drug-likeness (QED) is 0.537.